The van der Waals surface area contributed by atoms with Crippen LogP contribution in [0.3, 0.4) is 0 Å². The van der Waals surface area contributed by atoms with Gasteiger partial charge in [0.2, 0.25) is 0 Å². The third kappa shape index (κ3) is 14.6. The minimum atomic E-state index is 0. The van der Waals surface area contributed by atoms with Gasteiger partial charge in [0, 0.05) is 0 Å². The predicted octanol–water partition coefficient (Wildman–Crippen LogP) is 3.99. The van der Waals surface area contributed by atoms with Crippen LogP contribution in [0, 0.1) is 27.9 Å². The Balaban J connectivity index is -0.0000000615. The van der Waals surface area contributed by atoms with Crippen molar-refractivity contribution in [2.75, 3.05) is 0 Å². The molecule has 0 aromatic heterocycles. The van der Waals surface area contributed by atoms with Gasteiger partial charge in [0.05, 0.1) is 0 Å². The molecular weight excluding hydrogens is 245 g/mol. The molecule has 0 radical (unpaired) electrons. The van der Waals surface area contributed by atoms with E-state index in [1.165, 1.54) is 11.6 Å². The van der Waals surface area contributed by atoms with Gasteiger partial charge in [0.1, 0.15) is 0 Å². The average molecular weight is 265 g/mol. The van der Waals surface area contributed by atoms with E-state index in [0.29, 0.717) is 0 Å². The van der Waals surface area contributed by atoms with Crippen LogP contribution in [0.2, 0.25) is 0 Å². The summed E-state index contributed by atoms with van der Waals surface area (Å²) in [6.07, 6.45) is 11.2. The maximum Gasteiger partial charge on any atom is 4.00 e. The zero-order valence-corrected chi connectivity index (χ0v) is 10.7. The zero-order valence-electron chi connectivity index (χ0n) is 8.91. The van der Waals surface area contributed by atoms with E-state index in [2.05, 4.69) is 38.7 Å². The van der Waals surface area contributed by atoms with Crippen molar-refractivity contribution in [2.45, 2.75) is 19.8 Å². The van der Waals surface area contributed by atoms with Crippen LogP contribution in [-0.4, -0.2) is 0 Å². The molecule has 76 valence electrons. The Morgan fingerprint density at radius 1 is 1.62 bits per heavy atom. The van der Waals surface area contributed by atoms with Crippen LogP contribution in [0.15, 0.2) is 30.4 Å². The fraction of sp³-hybridized carbons (Fsp3) is 0.250. The van der Waals surface area contributed by atoms with Crippen LogP contribution in [0.1, 0.15) is 19.8 Å². The summed E-state index contributed by atoms with van der Waals surface area (Å²) in [5.41, 5.74) is 1.36. The second-order valence-electron chi connectivity index (χ2n) is 1.95. The number of allylic oxidation sites excluding steroid dienone is 5. The van der Waals surface area contributed by atoms with Crippen LogP contribution in [-0.2, 0) is 19.5 Å². The molecule has 0 aromatic carbocycles. The third-order valence-corrected chi connectivity index (χ3v) is 1.15. The van der Waals surface area contributed by atoms with E-state index in [1.54, 1.807) is 0 Å². The fourth-order valence-electron chi connectivity index (χ4n) is 0.693. The van der Waals surface area contributed by atoms with Gasteiger partial charge in [0.25, 0.3) is 0 Å². The zero-order chi connectivity index (χ0) is 7.82. The molecule has 0 N–H and O–H groups in total. The monoisotopic (exact) mass is 266 g/mol. The maximum absolute atomic E-state index is 3.25. The van der Waals surface area contributed by atoms with E-state index in [-0.39, 0.29) is 34.3 Å². The van der Waals surface area contributed by atoms with Crippen LogP contribution >= 0.6 is 0 Å². The van der Waals surface area contributed by atoms with E-state index in [1.807, 2.05) is 0 Å². The van der Waals surface area contributed by atoms with Crippen LogP contribution in [0.5, 0.6) is 0 Å². The maximum atomic E-state index is 3.25. The SMILES string of the molecule is C=C[CH2-].CCC1=[C-]CC=C1.[CH3-].[CH3-].[Ru+4]. The molecule has 0 aliphatic heterocycles. The van der Waals surface area contributed by atoms with Gasteiger partial charge in [0.15, 0.2) is 0 Å². The van der Waals surface area contributed by atoms with Crippen molar-refractivity contribution < 1.29 is 19.5 Å². The topological polar surface area (TPSA) is 0 Å². The first kappa shape index (κ1) is 23.0. The first-order valence-electron chi connectivity index (χ1n) is 3.51. The van der Waals surface area contributed by atoms with E-state index in [0.717, 1.165) is 12.8 Å². The third-order valence-electron chi connectivity index (χ3n) is 1.15. The van der Waals surface area contributed by atoms with Gasteiger partial charge in [-0.3, -0.25) is 6.08 Å². The summed E-state index contributed by atoms with van der Waals surface area (Å²) in [5.74, 6) is 0. The molecule has 0 atom stereocenters. The Morgan fingerprint density at radius 3 is 2.23 bits per heavy atom. The van der Waals surface area contributed by atoms with Crippen molar-refractivity contribution in [3.05, 3.63) is 58.2 Å². The molecule has 0 spiro atoms. The fourth-order valence-corrected chi connectivity index (χ4v) is 0.693. The molecule has 1 rings (SSSR count). The molecule has 0 amide bonds. The summed E-state index contributed by atoms with van der Waals surface area (Å²) >= 11 is 0. The van der Waals surface area contributed by atoms with Gasteiger partial charge in [-0.2, -0.15) is 6.08 Å². The predicted molar refractivity (Wildman–Crippen MR) is 59.2 cm³/mol. The van der Waals surface area contributed by atoms with Crippen molar-refractivity contribution in [3.8, 4) is 0 Å². The molecule has 0 heterocycles. The van der Waals surface area contributed by atoms with Gasteiger partial charge in [-0.25, -0.2) is 31.2 Å². The molecule has 0 fully saturated rings. The number of rotatable bonds is 1. The van der Waals surface area contributed by atoms with Crippen molar-refractivity contribution >= 4 is 0 Å². The van der Waals surface area contributed by atoms with Crippen molar-refractivity contribution in [1.82, 2.24) is 0 Å². The smallest absolute Gasteiger partial charge is 0.358 e. The summed E-state index contributed by atoms with van der Waals surface area (Å²) in [5, 5.41) is 0. The average Bonchev–Trinajstić information content (AvgIpc) is 2.39. The Kier molecular flexibility index (Phi) is 31.3. The standard InChI is InChI=1S/C7H9.C3H5.2CH3.Ru/c1-2-7-5-3-4-6-7;1-3-2;;;/h3,5H,2,4H2,1H3;3H,1-2H2;2*1H3;/q4*-1;+4. The minimum absolute atomic E-state index is 0. The molecular formula is C12H20Ru. The number of hydrogen-bond donors (Lipinski definition) is 0. The summed E-state index contributed by atoms with van der Waals surface area (Å²) in [6, 6.07) is 0. The summed E-state index contributed by atoms with van der Waals surface area (Å²) in [7, 11) is 0. The Morgan fingerprint density at radius 2 is 2.08 bits per heavy atom. The van der Waals surface area contributed by atoms with Crippen LogP contribution < -0.4 is 0 Å². The van der Waals surface area contributed by atoms with E-state index >= 15 is 0 Å². The first-order chi connectivity index (χ1) is 4.85. The molecule has 0 unspecified atom stereocenters. The van der Waals surface area contributed by atoms with Gasteiger partial charge < -0.3 is 14.9 Å². The molecule has 1 aliphatic carbocycles. The first-order valence-corrected chi connectivity index (χ1v) is 3.51. The van der Waals surface area contributed by atoms with Gasteiger partial charge >= 0.3 is 19.5 Å². The van der Waals surface area contributed by atoms with Gasteiger partial charge in [-0.1, -0.05) is 13.3 Å². The summed E-state index contributed by atoms with van der Waals surface area (Å²) in [4.78, 5) is 0. The molecule has 1 aliphatic rings. The Hall–Kier alpha value is -0.287. The van der Waals surface area contributed by atoms with E-state index < -0.39 is 0 Å². The van der Waals surface area contributed by atoms with Crippen LogP contribution in [0.25, 0.3) is 0 Å². The number of hydrogen-bond acceptors (Lipinski definition) is 0. The normalized spacial score (nSPS) is 10.4. The van der Waals surface area contributed by atoms with Gasteiger partial charge in [-0.05, 0) is 0 Å². The van der Waals surface area contributed by atoms with E-state index in [9.17, 15) is 0 Å². The summed E-state index contributed by atoms with van der Waals surface area (Å²) < 4.78 is 0. The largest absolute Gasteiger partial charge is 4.00 e. The minimum Gasteiger partial charge on any atom is -0.358 e. The molecule has 1 heteroatoms. The molecule has 13 heavy (non-hydrogen) atoms. The second kappa shape index (κ2) is 17.7. The molecule has 0 bridgehead atoms. The van der Waals surface area contributed by atoms with E-state index in [4.69, 9.17) is 0 Å². The van der Waals surface area contributed by atoms with Crippen molar-refractivity contribution in [3.63, 3.8) is 0 Å². The Bertz CT molecular complexity index is 143. The van der Waals surface area contributed by atoms with Crippen LogP contribution in [0.4, 0.5) is 0 Å². The molecule has 0 saturated carbocycles. The van der Waals surface area contributed by atoms with Gasteiger partial charge in [-0.15, -0.1) is 6.42 Å². The second-order valence-corrected chi connectivity index (χ2v) is 1.95. The molecule has 0 saturated heterocycles. The summed E-state index contributed by atoms with van der Waals surface area (Å²) in [6.45, 7) is 8.65. The molecule has 0 aromatic rings. The van der Waals surface area contributed by atoms with Crippen molar-refractivity contribution in [1.29, 1.82) is 0 Å². The Labute approximate surface area is 97.6 Å². The quantitative estimate of drug-likeness (QED) is 0.497. The molecule has 0 nitrogen and oxygen atoms in total. The van der Waals surface area contributed by atoms with Crippen molar-refractivity contribution in [2.24, 2.45) is 0 Å².